The van der Waals surface area contributed by atoms with Crippen LogP contribution in [0.4, 0.5) is 15.8 Å². The first-order valence-electron chi connectivity index (χ1n) is 5.74. The summed E-state index contributed by atoms with van der Waals surface area (Å²) in [5.41, 5.74) is 6.08. The van der Waals surface area contributed by atoms with Crippen LogP contribution in [0.15, 0.2) is 35.2 Å². The van der Waals surface area contributed by atoms with E-state index in [4.69, 9.17) is 28.9 Å². The average Bonchev–Trinajstić information content (AvgIpc) is 2.38. The zero-order valence-electron chi connectivity index (χ0n) is 10.8. The van der Waals surface area contributed by atoms with Gasteiger partial charge in [0.05, 0.1) is 21.3 Å². The van der Waals surface area contributed by atoms with Crippen molar-refractivity contribution in [3.05, 3.63) is 51.8 Å². The van der Waals surface area contributed by atoms with E-state index >= 15 is 0 Å². The highest BCUT2D eigenvalue weighted by molar-refractivity contribution is 7.92. The SMILES string of the molecule is Cc1cc(S(=O)(=O)Nc2ccc(Cl)cc2F)cc(N)c1Cl. The van der Waals surface area contributed by atoms with Crippen LogP contribution in [0.5, 0.6) is 0 Å². The predicted molar refractivity (Wildman–Crippen MR) is 82.8 cm³/mol. The molecule has 2 aromatic rings. The highest BCUT2D eigenvalue weighted by Gasteiger charge is 2.18. The van der Waals surface area contributed by atoms with Crippen molar-refractivity contribution >= 4 is 44.6 Å². The number of aryl methyl sites for hydroxylation is 1. The minimum Gasteiger partial charge on any atom is -0.397 e. The molecule has 0 unspecified atom stereocenters. The Morgan fingerprint density at radius 2 is 1.86 bits per heavy atom. The fourth-order valence-electron chi connectivity index (χ4n) is 1.69. The van der Waals surface area contributed by atoms with Crippen molar-refractivity contribution in [3.8, 4) is 0 Å². The number of rotatable bonds is 3. The van der Waals surface area contributed by atoms with Crippen LogP contribution < -0.4 is 10.5 Å². The summed E-state index contributed by atoms with van der Waals surface area (Å²) >= 11 is 11.5. The Bertz CT molecular complexity index is 787. The molecule has 0 saturated heterocycles. The van der Waals surface area contributed by atoms with Crippen LogP contribution in [0.1, 0.15) is 5.56 Å². The van der Waals surface area contributed by atoms with Gasteiger partial charge < -0.3 is 5.73 Å². The predicted octanol–water partition coefficient (Wildman–Crippen LogP) is 3.82. The van der Waals surface area contributed by atoms with E-state index in [1.165, 1.54) is 24.3 Å². The second-order valence-electron chi connectivity index (χ2n) is 4.37. The molecule has 0 atom stereocenters. The molecule has 0 aliphatic carbocycles. The second-order valence-corrected chi connectivity index (χ2v) is 6.87. The monoisotopic (exact) mass is 348 g/mol. The summed E-state index contributed by atoms with van der Waals surface area (Å²) in [5, 5.41) is 0.452. The number of anilines is 2. The summed E-state index contributed by atoms with van der Waals surface area (Å²) in [5.74, 6) is -0.773. The van der Waals surface area contributed by atoms with E-state index < -0.39 is 15.8 Å². The molecule has 3 N–H and O–H groups in total. The summed E-state index contributed by atoms with van der Waals surface area (Å²) in [4.78, 5) is -0.101. The number of halogens is 3. The van der Waals surface area contributed by atoms with E-state index in [1.54, 1.807) is 6.92 Å². The van der Waals surface area contributed by atoms with Crippen molar-refractivity contribution in [2.45, 2.75) is 11.8 Å². The number of nitrogens with one attached hydrogen (secondary N) is 1. The van der Waals surface area contributed by atoms with Crippen LogP contribution in [-0.4, -0.2) is 8.42 Å². The first-order valence-corrected chi connectivity index (χ1v) is 7.98. The van der Waals surface area contributed by atoms with Gasteiger partial charge in [-0.3, -0.25) is 4.72 Å². The summed E-state index contributed by atoms with van der Waals surface area (Å²) in [6.45, 7) is 1.63. The fraction of sp³-hybridized carbons (Fsp3) is 0.0769. The van der Waals surface area contributed by atoms with Crippen molar-refractivity contribution in [1.82, 2.24) is 0 Å². The molecular formula is C13H11Cl2FN2O2S. The van der Waals surface area contributed by atoms with Crippen LogP contribution in [0.3, 0.4) is 0 Å². The fourth-order valence-corrected chi connectivity index (χ4v) is 3.15. The molecule has 0 amide bonds. The lowest BCUT2D eigenvalue weighted by Crippen LogP contribution is -2.14. The minimum atomic E-state index is -3.98. The van der Waals surface area contributed by atoms with Gasteiger partial charge in [0.2, 0.25) is 0 Å². The van der Waals surface area contributed by atoms with Crippen LogP contribution in [0, 0.1) is 12.7 Å². The lowest BCUT2D eigenvalue weighted by Gasteiger charge is -2.11. The zero-order chi connectivity index (χ0) is 15.8. The van der Waals surface area contributed by atoms with E-state index in [9.17, 15) is 12.8 Å². The Hall–Kier alpha value is -1.50. The van der Waals surface area contributed by atoms with E-state index in [-0.39, 0.29) is 26.3 Å². The first kappa shape index (κ1) is 15.9. The standard InChI is InChI=1S/C13H11Cl2FN2O2S/c1-7-4-9(6-11(17)13(7)15)21(19,20)18-12-3-2-8(14)5-10(12)16/h2-6,18H,17H2,1H3. The van der Waals surface area contributed by atoms with Gasteiger partial charge in [0, 0.05) is 5.02 Å². The zero-order valence-corrected chi connectivity index (χ0v) is 13.2. The molecule has 0 aliphatic heterocycles. The van der Waals surface area contributed by atoms with Crippen LogP contribution >= 0.6 is 23.2 Å². The second kappa shape index (κ2) is 5.71. The van der Waals surface area contributed by atoms with E-state index in [2.05, 4.69) is 4.72 Å². The molecule has 0 aromatic heterocycles. The molecule has 0 radical (unpaired) electrons. The smallest absolute Gasteiger partial charge is 0.262 e. The molecule has 0 fully saturated rings. The summed E-state index contributed by atoms with van der Waals surface area (Å²) in [6.07, 6.45) is 0. The summed E-state index contributed by atoms with van der Waals surface area (Å²) < 4.78 is 40.3. The van der Waals surface area contributed by atoms with E-state index in [1.807, 2.05) is 0 Å². The molecule has 0 aliphatic rings. The quantitative estimate of drug-likeness (QED) is 0.828. The van der Waals surface area contributed by atoms with E-state index in [0.717, 1.165) is 6.07 Å². The number of hydrogen-bond acceptors (Lipinski definition) is 3. The van der Waals surface area contributed by atoms with Crippen LogP contribution in [0.2, 0.25) is 10.0 Å². The normalized spacial score (nSPS) is 11.4. The third-order valence-corrected chi connectivity index (χ3v) is 4.84. The van der Waals surface area contributed by atoms with Gasteiger partial charge in [-0.15, -0.1) is 0 Å². The molecule has 0 saturated carbocycles. The molecule has 8 heteroatoms. The van der Waals surface area contributed by atoms with Gasteiger partial charge in [0.25, 0.3) is 10.0 Å². The minimum absolute atomic E-state index is 0.101. The van der Waals surface area contributed by atoms with Gasteiger partial charge in [-0.1, -0.05) is 23.2 Å². The Morgan fingerprint density at radius 3 is 2.43 bits per heavy atom. The maximum Gasteiger partial charge on any atom is 0.262 e. The summed E-state index contributed by atoms with van der Waals surface area (Å²) in [6, 6.07) is 6.20. The summed E-state index contributed by atoms with van der Waals surface area (Å²) in [7, 11) is -3.98. The number of nitrogen functional groups attached to an aromatic ring is 1. The lowest BCUT2D eigenvalue weighted by atomic mass is 10.2. The highest BCUT2D eigenvalue weighted by Crippen LogP contribution is 2.28. The molecule has 112 valence electrons. The molecule has 2 aromatic carbocycles. The van der Waals surface area contributed by atoms with Gasteiger partial charge in [-0.05, 0) is 42.8 Å². The topological polar surface area (TPSA) is 72.2 Å². The Kier molecular flexibility index (Phi) is 4.32. The Balaban J connectivity index is 2.43. The number of sulfonamides is 1. The van der Waals surface area contributed by atoms with Gasteiger partial charge in [0.15, 0.2) is 0 Å². The molecule has 4 nitrogen and oxygen atoms in total. The van der Waals surface area contributed by atoms with Crippen molar-refractivity contribution in [2.75, 3.05) is 10.5 Å². The third-order valence-electron chi connectivity index (χ3n) is 2.74. The first-order chi connectivity index (χ1) is 9.70. The Labute approximate surface area is 131 Å². The maximum absolute atomic E-state index is 13.7. The van der Waals surface area contributed by atoms with E-state index in [0.29, 0.717) is 5.56 Å². The molecule has 2 rings (SSSR count). The maximum atomic E-state index is 13.7. The van der Waals surface area contributed by atoms with Gasteiger partial charge in [0.1, 0.15) is 5.82 Å². The van der Waals surface area contributed by atoms with Crippen molar-refractivity contribution < 1.29 is 12.8 Å². The molecule has 0 spiro atoms. The number of benzene rings is 2. The van der Waals surface area contributed by atoms with Crippen LogP contribution in [0.25, 0.3) is 0 Å². The highest BCUT2D eigenvalue weighted by atomic mass is 35.5. The van der Waals surface area contributed by atoms with Crippen LogP contribution in [-0.2, 0) is 10.0 Å². The molecule has 21 heavy (non-hydrogen) atoms. The Morgan fingerprint density at radius 1 is 1.19 bits per heavy atom. The van der Waals surface area contributed by atoms with Crippen molar-refractivity contribution in [2.24, 2.45) is 0 Å². The van der Waals surface area contributed by atoms with Crippen molar-refractivity contribution in [3.63, 3.8) is 0 Å². The number of nitrogens with two attached hydrogens (primary N) is 1. The molecule has 0 heterocycles. The van der Waals surface area contributed by atoms with Gasteiger partial charge in [-0.25, -0.2) is 12.8 Å². The van der Waals surface area contributed by atoms with Crippen molar-refractivity contribution in [1.29, 1.82) is 0 Å². The number of hydrogen-bond donors (Lipinski definition) is 2. The largest absolute Gasteiger partial charge is 0.397 e. The average molecular weight is 349 g/mol. The third kappa shape index (κ3) is 3.40. The van der Waals surface area contributed by atoms with Gasteiger partial charge >= 0.3 is 0 Å². The molecular weight excluding hydrogens is 338 g/mol. The van der Waals surface area contributed by atoms with Gasteiger partial charge in [-0.2, -0.15) is 0 Å². The molecule has 0 bridgehead atoms. The lowest BCUT2D eigenvalue weighted by molar-refractivity contribution is 0.598.